The van der Waals surface area contributed by atoms with E-state index in [-0.39, 0.29) is 29.3 Å². The first-order chi connectivity index (χ1) is 12.4. The normalized spacial score (nSPS) is 31.8. The van der Waals surface area contributed by atoms with E-state index in [9.17, 15) is 14.4 Å². The molecule has 1 amide bonds. The molecule has 0 radical (unpaired) electrons. The van der Waals surface area contributed by atoms with Gasteiger partial charge in [0, 0.05) is 17.6 Å². The Labute approximate surface area is 156 Å². The van der Waals surface area contributed by atoms with Gasteiger partial charge in [-0.3, -0.25) is 19.0 Å². The van der Waals surface area contributed by atoms with E-state index < -0.39 is 5.97 Å². The average molecular weight is 378 g/mol. The van der Waals surface area contributed by atoms with Crippen molar-refractivity contribution in [3.8, 4) is 0 Å². The third-order valence-corrected chi connectivity index (χ3v) is 7.33. The number of nitrogens with zero attached hydrogens (tertiary/aromatic N) is 1. The molecule has 0 aromatic carbocycles. The van der Waals surface area contributed by atoms with Crippen LogP contribution in [0.4, 0.5) is 0 Å². The molecule has 142 valence electrons. The molecule has 0 saturated heterocycles. The minimum Gasteiger partial charge on any atom is -0.454 e. The van der Waals surface area contributed by atoms with Gasteiger partial charge in [-0.1, -0.05) is 11.3 Å². The van der Waals surface area contributed by atoms with Gasteiger partial charge in [-0.05, 0) is 68.6 Å². The predicted octanol–water partition coefficient (Wildman–Crippen LogP) is 2.09. The van der Waals surface area contributed by atoms with E-state index in [0.29, 0.717) is 6.54 Å². The number of esters is 1. The van der Waals surface area contributed by atoms with Crippen molar-refractivity contribution in [2.75, 3.05) is 13.2 Å². The Morgan fingerprint density at radius 3 is 2.38 bits per heavy atom. The van der Waals surface area contributed by atoms with Crippen molar-refractivity contribution < 1.29 is 14.3 Å². The van der Waals surface area contributed by atoms with Crippen LogP contribution >= 0.6 is 11.3 Å². The Bertz CT molecular complexity index is 731. The Kier molecular flexibility index (Phi) is 4.67. The van der Waals surface area contributed by atoms with Crippen LogP contribution in [0.1, 0.15) is 44.2 Å². The van der Waals surface area contributed by atoms with E-state index in [1.165, 1.54) is 43.1 Å². The van der Waals surface area contributed by atoms with Crippen LogP contribution in [0.25, 0.3) is 0 Å². The summed E-state index contributed by atoms with van der Waals surface area (Å²) < 4.78 is 6.41. The van der Waals surface area contributed by atoms with Crippen molar-refractivity contribution in [1.82, 2.24) is 9.88 Å². The molecule has 7 heteroatoms. The van der Waals surface area contributed by atoms with Gasteiger partial charge in [0.15, 0.2) is 6.61 Å². The van der Waals surface area contributed by atoms with E-state index in [1.54, 1.807) is 12.3 Å². The molecular weight excluding hydrogens is 352 g/mol. The topological polar surface area (TPSA) is 77.4 Å². The summed E-state index contributed by atoms with van der Waals surface area (Å²) in [7, 11) is 0. The first-order valence-corrected chi connectivity index (χ1v) is 10.4. The summed E-state index contributed by atoms with van der Waals surface area (Å²) in [5.74, 6) is 1.75. The highest BCUT2D eigenvalue weighted by Crippen LogP contribution is 2.59. The maximum atomic E-state index is 12.1. The number of aromatic nitrogens is 1. The zero-order chi connectivity index (χ0) is 18.3. The lowest BCUT2D eigenvalue weighted by Crippen LogP contribution is -2.51. The number of hydrogen-bond acceptors (Lipinski definition) is 5. The lowest BCUT2D eigenvalue weighted by Gasteiger charge is -2.56. The third-order valence-electron chi connectivity index (χ3n) is 6.45. The SMILES string of the molecule is Cc1csc(=O)n1CC(=O)OCC(=O)NCC12CC3CC(CC(C3)C1)C2. The highest BCUT2D eigenvalue weighted by Gasteiger charge is 2.50. The van der Waals surface area contributed by atoms with Crippen molar-refractivity contribution in [3.05, 3.63) is 20.7 Å². The second-order valence-electron chi connectivity index (χ2n) is 8.58. The number of hydrogen-bond donors (Lipinski definition) is 1. The molecule has 4 aliphatic carbocycles. The Morgan fingerprint density at radius 2 is 1.85 bits per heavy atom. The molecule has 4 saturated carbocycles. The number of aryl methyl sites for hydroxylation is 1. The van der Waals surface area contributed by atoms with E-state index >= 15 is 0 Å². The first kappa shape index (κ1) is 17.8. The van der Waals surface area contributed by atoms with Gasteiger partial charge in [0.25, 0.3) is 5.91 Å². The molecule has 0 spiro atoms. The van der Waals surface area contributed by atoms with Crippen LogP contribution in [0.15, 0.2) is 10.2 Å². The van der Waals surface area contributed by atoms with E-state index in [1.807, 2.05) is 0 Å². The molecule has 5 rings (SSSR count). The molecule has 1 N–H and O–H groups in total. The molecule has 1 heterocycles. The molecule has 6 nitrogen and oxygen atoms in total. The van der Waals surface area contributed by atoms with Crippen LogP contribution in [0.5, 0.6) is 0 Å². The first-order valence-electron chi connectivity index (χ1n) is 9.50. The summed E-state index contributed by atoms with van der Waals surface area (Å²) in [6.07, 6.45) is 7.85. The maximum absolute atomic E-state index is 12.1. The standard InChI is InChI=1S/C19H26N2O4S/c1-12-10-26-18(24)21(12)8-17(23)25-9-16(22)20-11-19-5-13-2-14(6-19)4-15(3-13)7-19/h10,13-15H,2-9,11H2,1H3,(H,20,22). The number of rotatable bonds is 6. The zero-order valence-electron chi connectivity index (χ0n) is 15.2. The Balaban J connectivity index is 1.23. The smallest absolute Gasteiger partial charge is 0.326 e. The number of amides is 1. The number of carbonyl (C=O) groups excluding carboxylic acids is 2. The summed E-state index contributed by atoms with van der Waals surface area (Å²) >= 11 is 1.05. The second-order valence-corrected chi connectivity index (χ2v) is 9.40. The fraction of sp³-hybridized carbons (Fsp3) is 0.737. The maximum Gasteiger partial charge on any atom is 0.326 e. The van der Waals surface area contributed by atoms with Crippen molar-refractivity contribution in [3.63, 3.8) is 0 Å². The Morgan fingerprint density at radius 1 is 1.23 bits per heavy atom. The van der Waals surface area contributed by atoms with Gasteiger partial charge < -0.3 is 10.1 Å². The van der Waals surface area contributed by atoms with Crippen molar-refractivity contribution in [2.24, 2.45) is 23.2 Å². The molecular formula is C19H26N2O4S. The van der Waals surface area contributed by atoms with Gasteiger partial charge in [0.1, 0.15) is 6.54 Å². The molecule has 4 fully saturated rings. The van der Waals surface area contributed by atoms with Gasteiger partial charge in [-0.2, -0.15) is 0 Å². The number of thiazole rings is 1. The van der Waals surface area contributed by atoms with Gasteiger partial charge in [0.05, 0.1) is 0 Å². The van der Waals surface area contributed by atoms with Gasteiger partial charge in [0.2, 0.25) is 0 Å². The lowest BCUT2D eigenvalue weighted by atomic mass is 9.49. The highest BCUT2D eigenvalue weighted by molar-refractivity contribution is 7.07. The average Bonchev–Trinajstić information content (AvgIpc) is 2.89. The zero-order valence-corrected chi connectivity index (χ0v) is 16.0. The summed E-state index contributed by atoms with van der Waals surface area (Å²) in [5, 5.41) is 4.70. The fourth-order valence-corrected chi connectivity index (χ4v) is 6.49. The third kappa shape index (κ3) is 3.59. The van der Waals surface area contributed by atoms with Crippen LogP contribution in [0, 0.1) is 30.1 Å². The van der Waals surface area contributed by atoms with Gasteiger partial charge in [-0.25, -0.2) is 0 Å². The minimum atomic E-state index is -0.557. The van der Waals surface area contributed by atoms with E-state index in [0.717, 1.165) is 34.8 Å². The molecule has 4 bridgehead atoms. The fourth-order valence-electron chi connectivity index (χ4n) is 5.76. The van der Waals surface area contributed by atoms with Crippen LogP contribution < -0.4 is 10.2 Å². The summed E-state index contributed by atoms with van der Waals surface area (Å²) in [6.45, 7) is 2.05. The van der Waals surface area contributed by atoms with Gasteiger partial charge >= 0.3 is 10.8 Å². The minimum absolute atomic E-state index is 0.142. The van der Waals surface area contributed by atoms with Crippen LogP contribution in [-0.4, -0.2) is 29.6 Å². The summed E-state index contributed by atoms with van der Waals surface area (Å²) in [5.41, 5.74) is 0.999. The summed E-state index contributed by atoms with van der Waals surface area (Å²) in [6, 6.07) is 0. The van der Waals surface area contributed by atoms with E-state index in [4.69, 9.17) is 4.74 Å². The van der Waals surface area contributed by atoms with Crippen molar-refractivity contribution in [1.29, 1.82) is 0 Å². The quantitative estimate of drug-likeness (QED) is 0.769. The number of ether oxygens (including phenoxy) is 1. The second kappa shape index (κ2) is 6.83. The predicted molar refractivity (Wildman–Crippen MR) is 97.9 cm³/mol. The Hall–Kier alpha value is -1.63. The summed E-state index contributed by atoms with van der Waals surface area (Å²) in [4.78, 5) is 35.4. The highest BCUT2D eigenvalue weighted by atomic mass is 32.1. The van der Waals surface area contributed by atoms with Crippen LogP contribution in [0.3, 0.4) is 0 Å². The number of nitrogens with one attached hydrogen (secondary N) is 1. The lowest BCUT2D eigenvalue weighted by molar-refractivity contribution is -0.149. The molecule has 1 aromatic heterocycles. The molecule has 1 aromatic rings. The molecule has 0 unspecified atom stereocenters. The molecule has 4 aliphatic rings. The van der Waals surface area contributed by atoms with Crippen molar-refractivity contribution >= 4 is 23.2 Å². The molecule has 0 aliphatic heterocycles. The van der Waals surface area contributed by atoms with Crippen molar-refractivity contribution in [2.45, 2.75) is 52.0 Å². The van der Waals surface area contributed by atoms with Crippen LogP contribution in [-0.2, 0) is 20.9 Å². The van der Waals surface area contributed by atoms with Crippen LogP contribution in [0.2, 0.25) is 0 Å². The number of carbonyl (C=O) groups is 2. The monoisotopic (exact) mass is 378 g/mol. The largest absolute Gasteiger partial charge is 0.454 e. The molecule has 0 atom stereocenters. The molecule has 26 heavy (non-hydrogen) atoms. The van der Waals surface area contributed by atoms with E-state index in [2.05, 4.69) is 5.32 Å². The van der Waals surface area contributed by atoms with Gasteiger partial charge in [-0.15, -0.1) is 0 Å².